The average molecular weight is 252 g/mol. The first kappa shape index (κ1) is 13.2. The molecule has 0 saturated carbocycles. The van der Waals surface area contributed by atoms with Crippen LogP contribution in [0.2, 0.25) is 0 Å². The van der Waals surface area contributed by atoms with Crippen LogP contribution >= 0.6 is 0 Å². The van der Waals surface area contributed by atoms with E-state index in [9.17, 15) is 0 Å². The van der Waals surface area contributed by atoms with Crippen molar-refractivity contribution >= 4 is 0 Å². The van der Waals surface area contributed by atoms with Crippen LogP contribution < -0.4 is 9.47 Å². The Morgan fingerprint density at radius 2 is 1.94 bits per heavy atom. The van der Waals surface area contributed by atoms with Crippen LogP contribution in [0.3, 0.4) is 0 Å². The van der Waals surface area contributed by atoms with Crippen LogP contribution in [0, 0.1) is 0 Å². The zero-order valence-electron chi connectivity index (χ0n) is 11.0. The number of hydrogen-bond acceptors (Lipinski definition) is 4. The zero-order chi connectivity index (χ0) is 12.8. The van der Waals surface area contributed by atoms with E-state index in [-0.39, 0.29) is 6.29 Å². The third-order valence-electron chi connectivity index (χ3n) is 3.06. The molecule has 0 unspecified atom stereocenters. The Bertz CT molecular complexity index is 372. The normalized spacial score (nSPS) is 15.9. The molecule has 1 aromatic carbocycles. The second-order valence-electron chi connectivity index (χ2n) is 4.24. The van der Waals surface area contributed by atoms with Crippen molar-refractivity contribution in [1.29, 1.82) is 0 Å². The van der Waals surface area contributed by atoms with Crippen LogP contribution in [-0.4, -0.2) is 33.7 Å². The molecule has 1 aliphatic rings. The summed E-state index contributed by atoms with van der Waals surface area (Å²) < 4.78 is 21.4. The quantitative estimate of drug-likeness (QED) is 0.779. The van der Waals surface area contributed by atoms with E-state index in [1.165, 1.54) is 0 Å². The van der Waals surface area contributed by atoms with Gasteiger partial charge in [-0.1, -0.05) is 0 Å². The van der Waals surface area contributed by atoms with E-state index >= 15 is 0 Å². The molecule has 0 aromatic heterocycles. The number of benzene rings is 1. The van der Waals surface area contributed by atoms with Gasteiger partial charge in [-0.15, -0.1) is 0 Å². The van der Waals surface area contributed by atoms with Crippen LogP contribution in [0.15, 0.2) is 18.2 Å². The maximum atomic E-state index is 5.41. The highest BCUT2D eigenvalue weighted by atomic mass is 16.7. The van der Waals surface area contributed by atoms with Crippen LogP contribution in [0.5, 0.6) is 11.5 Å². The smallest absolute Gasteiger partial charge is 0.157 e. The van der Waals surface area contributed by atoms with Gasteiger partial charge in [0.2, 0.25) is 0 Å². The molecule has 1 saturated heterocycles. The Kier molecular flexibility index (Phi) is 4.84. The van der Waals surface area contributed by atoms with Crippen LogP contribution in [0.1, 0.15) is 18.4 Å². The van der Waals surface area contributed by atoms with Gasteiger partial charge >= 0.3 is 0 Å². The summed E-state index contributed by atoms with van der Waals surface area (Å²) in [6, 6.07) is 5.87. The van der Waals surface area contributed by atoms with Crippen LogP contribution in [0.4, 0.5) is 0 Å². The molecule has 2 rings (SSSR count). The van der Waals surface area contributed by atoms with E-state index in [4.69, 9.17) is 18.9 Å². The lowest BCUT2D eigenvalue weighted by Crippen LogP contribution is -2.07. The Morgan fingerprint density at radius 1 is 1.17 bits per heavy atom. The predicted octanol–water partition coefficient (Wildman–Crippen LogP) is 2.40. The fraction of sp³-hybridized carbons (Fsp3) is 0.571. The molecule has 1 aliphatic heterocycles. The van der Waals surface area contributed by atoms with E-state index in [1.54, 1.807) is 14.2 Å². The number of rotatable bonds is 6. The number of ether oxygens (including phenoxy) is 4. The van der Waals surface area contributed by atoms with Crippen molar-refractivity contribution in [3.63, 3.8) is 0 Å². The number of hydrogen-bond donors (Lipinski definition) is 0. The van der Waals surface area contributed by atoms with E-state index in [1.807, 2.05) is 18.2 Å². The van der Waals surface area contributed by atoms with Gasteiger partial charge < -0.3 is 18.9 Å². The predicted molar refractivity (Wildman–Crippen MR) is 68.2 cm³/mol. The largest absolute Gasteiger partial charge is 0.497 e. The van der Waals surface area contributed by atoms with Crippen LogP contribution in [-0.2, 0) is 15.9 Å². The molecular formula is C14H20O4. The molecular weight excluding hydrogens is 232 g/mol. The van der Waals surface area contributed by atoms with Gasteiger partial charge in [0, 0.05) is 0 Å². The first-order chi connectivity index (χ1) is 8.83. The van der Waals surface area contributed by atoms with Crippen molar-refractivity contribution in [3.05, 3.63) is 23.8 Å². The third kappa shape index (κ3) is 3.37. The molecule has 0 radical (unpaired) electrons. The minimum Gasteiger partial charge on any atom is -0.497 e. The van der Waals surface area contributed by atoms with Gasteiger partial charge in [0.05, 0.1) is 27.4 Å². The highest BCUT2D eigenvalue weighted by molar-refractivity contribution is 5.40. The van der Waals surface area contributed by atoms with Crippen molar-refractivity contribution in [2.75, 3.05) is 27.4 Å². The van der Waals surface area contributed by atoms with Crippen molar-refractivity contribution < 1.29 is 18.9 Å². The summed E-state index contributed by atoms with van der Waals surface area (Å²) in [7, 11) is 3.36. The zero-order valence-corrected chi connectivity index (χ0v) is 11.0. The van der Waals surface area contributed by atoms with Gasteiger partial charge in [0.1, 0.15) is 11.5 Å². The molecule has 0 spiro atoms. The maximum absolute atomic E-state index is 5.41. The second kappa shape index (κ2) is 6.61. The molecule has 0 N–H and O–H groups in total. The first-order valence-corrected chi connectivity index (χ1v) is 6.27. The molecule has 0 aliphatic carbocycles. The summed E-state index contributed by atoms with van der Waals surface area (Å²) in [6.45, 7) is 1.43. The SMILES string of the molecule is COc1ccc(OC)c(CCCC2OCCO2)c1. The molecule has 4 nitrogen and oxygen atoms in total. The number of aryl methyl sites for hydroxylation is 1. The summed E-state index contributed by atoms with van der Waals surface area (Å²) in [6.07, 6.45) is 2.83. The molecule has 100 valence electrons. The molecule has 18 heavy (non-hydrogen) atoms. The van der Waals surface area contributed by atoms with Crippen molar-refractivity contribution in [2.45, 2.75) is 25.6 Å². The standard InChI is InChI=1S/C14H20O4/c1-15-12-6-7-13(16-2)11(10-12)4-3-5-14-17-8-9-18-14/h6-7,10,14H,3-5,8-9H2,1-2H3. The molecule has 1 fully saturated rings. The van der Waals surface area contributed by atoms with E-state index in [0.29, 0.717) is 13.2 Å². The fourth-order valence-electron chi connectivity index (χ4n) is 2.11. The summed E-state index contributed by atoms with van der Waals surface area (Å²) in [4.78, 5) is 0. The Hall–Kier alpha value is -1.26. The van der Waals surface area contributed by atoms with Gasteiger partial charge in [0.25, 0.3) is 0 Å². The lowest BCUT2D eigenvalue weighted by molar-refractivity contribution is -0.0476. The molecule has 0 amide bonds. The highest BCUT2D eigenvalue weighted by Crippen LogP contribution is 2.26. The minimum absolute atomic E-state index is 0.0263. The Morgan fingerprint density at radius 3 is 2.61 bits per heavy atom. The topological polar surface area (TPSA) is 36.9 Å². The van der Waals surface area contributed by atoms with Crippen molar-refractivity contribution in [3.8, 4) is 11.5 Å². The van der Waals surface area contributed by atoms with E-state index in [0.717, 1.165) is 36.3 Å². The van der Waals surface area contributed by atoms with Crippen LogP contribution in [0.25, 0.3) is 0 Å². The molecule has 1 aromatic rings. The van der Waals surface area contributed by atoms with Crippen molar-refractivity contribution in [1.82, 2.24) is 0 Å². The monoisotopic (exact) mass is 252 g/mol. The highest BCUT2D eigenvalue weighted by Gasteiger charge is 2.15. The summed E-state index contributed by atoms with van der Waals surface area (Å²) in [5.41, 5.74) is 1.16. The molecule has 0 bridgehead atoms. The van der Waals surface area contributed by atoms with Gasteiger partial charge in [-0.25, -0.2) is 0 Å². The van der Waals surface area contributed by atoms with E-state index < -0.39 is 0 Å². The van der Waals surface area contributed by atoms with Gasteiger partial charge in [-0.2, -0.15) is 0 Å². The lowest BCUT2D eigenvalue weighted by Gasteiger charge is -2.12. The first-order valence-electron chi connectivity index (χ1n) is 6.27. The third-order valence-corrected chi connectivity index (χ3v) is 3.06. The summed E-state index contributed by atoms with van der Waals surface area (Å²) in [5.74, 6) is 1.77. The summed E-state index contributed by atoms with van der Waals surface area (Å²) >= 11 is 0. The second-order valence-corrected chi connectivity index (χ2v) is 4.24. The van der Waals surface area contributed by atoms with Crippen molar-refractivity contribution in [2.24, 2.45) is 0 Å². The average Bonchev–Trinajstić information content (AvgIpc) is 2.92. The maximum Gasteiger partial charge on any atom is 0.157 e. The lowest BCUT2D eigenvalue weighted by atomic mass is 10.1. The fourth-order valence-corrected chi connectivity index (χ4v) is 2.11. The van der Waals surface area contributed by atoms with E-state index in [2.05, 4.69) is 0 Å². The molecule has 0 atom stereocenters. The minimum atomic E-state index is -0.0263. The number of methoxy groups -OCH3 is 2. The molecule has 1 heterocycles. The Balaban J connectivity index is 1.89. The summed E-state index contributed by atoms with van der Waals surface area (Å²) in [5, 5.41) is 0. The van der Waals surface area contributed by atoms with Gasteiger partial charge in [-0.05, 0) is 43.0 Å². The van der Waals surface area contributed by atoms with Gasteiger partial charge in [0.15, 0.2) is 6.29 Å². The van der Waals surface area contributed by atoms with Gasteiger partial charge in [-0.3, -0.25) is 0 Å². The Labute approximate surface area is 108 Å². The molecule has 4 heteroatoms.